The van der Waals surface area contributed by atoms with Crippen LogP contribution in [0.15, 0.2) is 0 Å². The van der Waals surface area contributed by atoms with E-state index in [4.69, 9.17) is 11.2 Å². The standard InChI is InChI=1S/C9H12N2O2/c1-2-5-11-7-9(13-8(11)12)3-4-10-6-9/h1,10H,3-7H2. The smallest absolute Gasteiger partial charge is 0.411 e. The highest BCUT2D eigenvalue weighted by Gasteiger charge is 2.46. The Balaban J connectivity index is 2.06. The van der Waals surface area contributed by atoms with E-state index in [2.05, 4.69) is 11.2 Å². The molecule has 2 saturated heterocycles. The van der Waals surface area contributed by atoms with Gasteiger partial charge in [0.05, 0.1) is 13.1 Å². The van der Waals surface area contributed by atoms with Gasteiger partial charge in [0.25, 0.3) is 0 Å². The van der Waals surface area contributed by atoms with Crippen LogP contribution in [0, 0.1) is 12.3 Å². The van der Waals surface area contributed by atoms with E-state index in [1.807, 2.05) is 0 Å². The van der Waals surface area contributed by atoms with Crippen LogP contribution in [0.5, 0.6) is 0 Å². The van der Waals surface area contributed by atoms with Gasteiger partial charge in [-0.3, -0.25) is 4.90 Å². The molecule has 1 atom stereocenters. The van der Waals surface area contributed by atoms with Crippen molar-refractivity contribution in [3.8, 4) is 12.3 Å². The fourth-order valence-corrected chi connectivity index (χ4v) is 1.87. The van der Waals surface area contributed by atoms with Gasteiger partial charge in [-0.2, -0.15) is 0 Å². The van der Waals surface area contributed by atoms with Gasteiger partial charge in [-0.25, -0.2) is 4.79 Å². The predicted octanol–water partition coefficient (Wildman–Crippen LogP) is -0.196. The molecule has 4 heteroatoms. The maximum absolute atomic E-state index is 11.3. The Hall–Kier alpha value is -1.21. The Bertz CT molecular complexity index is 263. The third-order valence-corrected chi connectivity index (χ3v) is 2.53. The fraction of sp³-hybridized carbons (Fsp3) is 0.667. The molecule has 1 N–H and O–H groups in total. The first-order valence-corrected chi connectivity index (χ1v) is 4.38. The van der Waals surface area contributed by atoms with Crippen LogP contribution in [0.3, 0.4) is 0 Å². The summed E-state index contributed by atoms with van der Waals surface area (Å²) < 4.78 is 5.30. The van der Waals surface area contributed by atoms with Crippen LogP contribution < -0.4 is 5.32 Å². The molecule has 1 amide bonds. The van der Waals surface area contributed by atoms with E-state index in [1.54, 1.807) is 4.90 Å². The lowest BCUT2D eigenvalue weighted by Crippen LogP contribution is -2.36. The molecule has 2 aliphatic heterocycles. The van der Waals surface area contributed by atoms with Gasteiger partial charge in [-0.05, 0) is 6.54 Å². The zero-order valence-corrected chi connectivity index (χ0v) is 7.38. The number of ether oxygens (including phenoxy) is 1. The SMILES string of the molecule is C#CCN1CC2(CCNC2)OC1=O. The number of nitrogens with one attached hydrogen (secondary N) is 1. The zero-order valence-electron chi connectivity index (χ0n) is 7.38. The Kier molecular flexibility index (Phi) is 1.89. The maximum atomic E-state index is 11.3. The Morgan fingerprint density at radius 1 is 1.77 bits per heavy atom. The summed E-state index contributed by atoms with van der Waals surface area (Å²) in [5.74, 6) is 2.45. The number of hydrogen-bond donors (Lipinski definition) is 1. The maximum Gasteiger partial charge on any atom is 0.411 e. The molecular weight excluding hydrogens is 168 g/mol. The third-order valence-electron chi connectivity index (χ3n) is 2.53. The van der Waals surface area contributed by atoms with Gasteiger partial charge in [-0.1, -0.05) is 5.92 Å². The van der Waals surface area contributed by atoms with E-state index in [0.29, 0.717) is 13.1 Å². The second kappa shape index (κ2) is 2.93. The fourth-order valence-electron chi connectivity index (χ4n) is 1.87. The van der Waals surface area contributed by atoms with E-state index in [-0.39, 0.29) is 11.7 Å². The number of carbonyl (C=O) groups excluding carboxylic acids is 1. The van der Waals surface area contributed by atoms with Gasteiger partial charge in [-0.15, -0.1) is 6.42 Å². The van der Waals surface area contributed by atoms with E-state index >= 15 is 0 Å². The lowest BCUT2D eigenvalue weighted by molar-refractivity contribution is 0.0728. The number of amides is 1. The molecular formula is C9H12N2O2. The average Bonchev–Trinajstić information content (AvgIpc) is 2.63. The molecule has 1 spiro atoms. The minimum atomic E-state index is -0.298. The molecule has 2 rings (SSSR count). The summed E-state index contributed by atoms with van der Waals surface area (Å²) in [6, 6.07) is 0. The first kappa shape index (κ1) is 8.39. The molecule has 0 aromatic rings. The average molecular weight is 180 g/mol. The monoisotopic (exact) mass is 180 g/mol. The van der Waals surface area contributed by atoms with E-state index in [9.17, 15) is 4.79 Å². The van der Waals surface area contributed by atoms with Gasteiger partial charge in [0, 0.05) is 13.0 Å². The lowest BCUT2D eigenvalue weighted by atomic mass is 10.0. The first-order valence-electron chi connectivity index (χ1n) is 4.38. The van der Waals surface area contributed by atoms with Crippen LogP contribution in [0.4, 0.5) is 4.79 Å². The summed E-state index contributed by atoms with van der Waals surface area (Å²) in [7, 11) is 0. The second-order valence-electron chi connectivity index (χ2n) is 3.54. The van der Waals surface area contributed by atoms with Gasteiger partial charge in [0.2, 0.25) is 0 Å². The quantitative estimate of drug-likeness (QED) is 0.568. The van der Waals surface area contributed by atoms with Gasteiger partial charge >= 0.3 is 6.09 Å². The van der Waals surface area contributed by atoms with Crippen LogP contribution in [0.2, 0.25) is 0 Å². The zero-order chi connectivity index (χ0) is 9.31. The Labute approximate surface area is 77.2 Å². The summed E-state index contributed by atoms with van der Waals surface area (Å²) in [6.45, 7) is 2.64. The highest BCUT2D eigenvalue weighted by Crippen LogP contribution is 2.27. The van der Waals surface area contributed by atoms with Crippen LogP contribution in [-0.4, -0.2) is 42.8 Å². The molecule has 0 saturated carbocycles. The summed E-state index contributed by atoms with van der Waals surface area (Å²) >= 11 is 0. The van der Waals surface area contributed by atoms with Crippen molar-refractivity contribution >= 4 is 6.09 Å². The molecule has 2 fully saturated rings. The first-order chi connectivity index (χ1) is 6.26. The van der Waals surface area contributed by atoms with Crippen molar-refractivity contribution in [2.24, 2.45) is 0 Å². The number of carbonyl (C=O) groups is 1. The van der Waals surface area contributed by atoms with Crippen molar-refractivity contribution < 1.29 is 9.53 Å². The molecule has 70 valence electrons. The highest BCUT2D eigenvalue weighted by molar-refractivity contribution is 5.71. The molecule has 0 aromatic carbocycles. The van der Waals surface area contributed by atoms with Crippen molar-refractivity contribution in [1.29, 1.82) is 0 Å². The Morgan fingerprint density at radius 2 is 2.62 bits per heavy atom. The molecule has 0 aromatic heterocycles. The van der Waals surface area contributed by atoms with E-state index in [0.717, 1.165) is 19.5 Å². The summed E-state index contributed by atoms with van der Waals surface area (Å²) in [6.07, 6.45) is 5.76. The van der Waals surface area contributed by atoms with Gasteiger partial charge < -0.3 is 10.1 Å². The van der Waals surface area contributed by atoms with Crippen LogP contribution in [0.25, 0.3) is 0 Å². The number of hydrogen-bond acceptors (Lipinski definition) is 3. The van der Waals surface area contributed by atoms with Gasteiger partial charge in [0.15, 0.2) is 0 Å². The van der Waals surface area contributed by atoms with Crippen molar-refractivity contribution in [3.05, 3.63) is 0 Å². The Morgan fingerprint density at radius 3 is 3.23 bits per heavy atom. The van der Waals surface area contributed by atoms with Crippen LogP contribution in [-0.2, 0) is 4.74 Å². The minimum absolute atomic E-state index is 0.276. The van der Waals surface area contributed by atoms with E-state index < -0.39 is 0 Å². The van der Waals surface area contributed by atoms with Crippen molar-refractivity contribution in [3.63, 3.8) is 0 Å². The molecule has 1 unspecified atom stereocenters. The molecule has 2 aliphatic rings. The number of nitrogens with zero attached hydrogens (tertiary/aromatic N) is 1. The third kappa shape index (κ3) is 1.36. The van der Waals surface area contributed by atoms with Crippen molar-refractivity contribution in [1.82, 2.24) is 10.2 Å². The van der Waals surface area contributed by atoms with Crippen LogP contribution >= 0.6 is 0 Å². The normalized spacial score (nSPS) is 32.2. The number of terminal acetylenes is 1. The van der Waals surface area contributed by atoms with Crippen molar-refractivity contribution in [2.45, 2.75) is 12.0 Å². The largest absolute Gasteiger partial charge is 0.439 e. The summed E-state index contributed by atoms with van der Waals surface area (Å²) in [4.78, 5) is 12.9. The molecule has 13 heavy (non-hydrogen) atoms. The molecule has 0 radical (unpaired) electrons. The molecule has 2 heterocycles. The van der Waals surface area contributed by atoms with Crippen LogP contribution in [0.1, 0.15) is 6.42 Å². The number of rotatable bonds is 1. The lowest BCUT2D eigenvalue weighted by Gasteiger charge is -2.18. The highest BCUT2D eigenvalue weighted by atomic mass is 16.6. The second-order valence-corrected chi connectivity index (χ2v) is 3.54. The summed E-state index contributed by atoms with van der Waals surface area (Å²) in [5.41, 5.74) is -0.298. The van der Waals surface area contributed by atoms with Crippen molar-refractivity contribution in [2.75, 3.05) is 26.2 Å². The molecule has 0 bridgehead atoms. The molecule has 4 nitrogen and oxygen atoms in total. The predicted molar refractivity (Wildman–Crippen MR) is 47.1 cm³/mol. The minimum Gasteiger partial charge on any atom is -0.439 e. The topological polar surface area (TPSA) is 41.6 Å². The molecule has 0 aliphatic carbocycles. The summed E-state index contributed by atoms with van der Waals surface area (Å²) in [5, 5.41) is 3.18. The van der Waals surface area contributed by atoms with E-state index in [1.165, 1.54) is 0 Å². The van der Waals surface area contributed by atoms with Gasteiger partial charge in [0.1, 0.15) is 5.60 Å².